The van der Waals surface area contributed by atoms with Crippen molar-refractivity contribution >= 4 is 0 Å². The van der Waals surface area contributed by atoms with E-state index >= 15 is 0 Å². The summed E-state index contributed by atoms with van der Waals surface area (Å²) in [6, 6.07) is 0. The van der Waals surface area contributed by atoms with Crippen LogP contribution in [0.4, 0.5) is 0 Å². The summed E-state index contributed by atoms with van der Waals surface area (Å²) in [4.78, 5) is 0. The second-order valence-corrected chi connectivity index (χ2v) is 2.46. The lowest BCUT2D eigenvalue weighted by Gasteiger charge is -1.96. The standard InChI is InChI=1S/C11H16/c1-5-7-9-11(4)10(3)8-6-2/h5-9H,2H2,1,3-4H3/b7-5-,10-8+,11-9+. The zero-order valence-electron chi connectivity index (χ0n) is 7.59. The molecule has 0 saturated carbocycles. The van der Waals surface area contributed by atoms with Crippen molar-refractivity contribution in [2.45, 2.75) is 20.8 Å². The minimum atomic E-state index is 1.26. The summed E-state index contributed by atoms with van der Waals surface area (Å²) in [5.74, 6) is 0. The van der Waals surface area contributed by atoms with Gasteiger partial charge in [-0.15, -0.1) is 0 Å². The molecule has 0 saturated heterocycles. The van der Waals surface area contributed by atoms with Crippen LogP contribution in [0.25, 0.3) is 0 Å². The molecule has 0 fully saturated rings. The summed E-state index contributed by atoms with van der Waals surface area (Å²) < 4.78 is 0. The summed E-state index contributed by atoms with van der Waals surface area (Å²) in [6.07, 6.45) is 9.97. The van der Waals surface area contributed by atoms with Crippen LogP contribution in [0.15, 0.2) is 48.1 Å². The van der Waals surface area contributed by atoms with E-state index < -0.39 is 0 Å². The molecule has 0 heteroatoms. The molecule has 0 spiro atoms. The van der Waals surface area contributed by atoms with E-state index in [0.717, 1.165) is 0 Å². The van der Waals surface area contributed by atoms with Gasteiger partial charge in [-0.05, 0) is 31.9 Å². The highest BCUT2D eigenvalue weighted by Gasteiger charge is 1.87. The van der Waals surface area contributed by atoms with Gasteiger partial charge in [-0.1, -0.05) is 37.0 Å². The van der Waals surface area contributed by atoms with Gasteiger partial charge >= 0.3 is 0 Å². The lowest BCUT2D eigenvalue weighted by atomic mass is 10.1. The molecule has 0 rings (SSSR count). The molecule has 0 aliphatic carbocycles. The number of rotatable bonds is 3. The van der Waals surface area contributed by atoms with Crippen LogP contribution in [0, 0.1) is 0 Å². The quantitative estimate of drug-likeness (QED) is 0.536. The predicted octanol–water partition coefficient (Wildman–Crippen LogP) is 3.64. The van der Waals surface area contributed by atoms with Crippen LogP contribution in [0.2, 0.25) is 0 Å². The van der Waals surface area contributed by atoms with Crippen molar-refractivity contribution < 1.29 is 0 Å². The molecule has 0 aromatic carbocycles. The van der Waals surface area contributed by atoms with Crippen molar-refractivity contribution in [3.63, 3.8) is 0 Å². The average Bonchev–Trinajstić information content (AvgIpc) is 2.00. The largest absolute Gasteiger partial charge is 0.0991 e. The second kappa shape index (κ2) is 5.72. The smallest absolute Gasteiger partial charge is 0.0395 e. The fourth-order valence-corrected chi connectivity index (χ4v) is 0.680. The Morgan fingerprint density at radius 2 is 1.64 bits per heavy atom. The summed E-state index contributed by atoms with van der Waals surface area (Å²) in [5.41, 5.74) is 2.54. The minimum absolute atomic E-state index is 1.26. The molecule has 0 radical (unpaired) electrons. The monoisotopic (exact) mass is 148 g/mol. The van der Waals surface area contributed by atoms with Gasteiger partial charge in [0.25, 0.3) is 0 Å². The van der Waals surface area contributed by atoms with E-state index in [9.17, 15) is 0 Å². The number of allylic oxidation sites excluding steroid dienone is 7. The number of hydrogen-bond donors (Lipinski definition) is 0. The average molecular weight is 148 g/mol. The predicted molar refractivity (Wildman–Crippen MR) is 52.5 cm³/mol. The minimum Gasteiger partial charge on any atom is -0.0991 e. The first-order valence-electron chi connectivity index (χ1n) is 3.81. The van der Waals surface area contributed by atoms with Crippen molar-refractivity contribution in [1.82, 2.24) is 0 Å². The highest BCUT2D eigenvalue weighted by atomic mass is 13.9. The first-order valence-corrected chi connectivity index (χ1v) is 3.81. The van der Waals surface area contributed by atoms with Crippen LogP contribution in [0.1, 0.15) is 20.8 Å². The SMILES string of the molecule is C=C/C=C(C)/C(C)=C/C=C\C. The van der Waals surface area contributed by atoms with Crippen LogP contribution in [-0.4, -0.2) is 0 Å². The van der Waals surface area contributed by atoms with E-state index in [-0.39, 0.29) is 0 Å². The fraction of sp³-hybridized carbons (Fsp3) is 0.273. The first kappa shape index (κ1) is 9.96. The van der Waals surface area contributed by atoms with E-state index in [1.54, 1.807) is 0 Å². The Kier molecular flexibility index (Phi) is 5.18. The molecule has 0 heterocycles. The van der Waals surface area contributed by atoms with Crippen molar-refractivity contribution in [3.8, 4) is 0 Å². The third kappa shape index (κ3) is 4.38. The highest BCUT2D eigenvalue weighted by molar-refractivity contribution is 5.32. The van der Waals surface area contributed by atoms with Gasteiger partial charge in [-0.25, -0.2) is 0 Å². The zero-order chi connectivity index (χ0) is 8.69. The lowest BCUT2D eigenvalue weighted by Crippen LogP contribution is -1.76. The molecular formula is C11H16. The fourth-order valence-electron chi connectivity index (χ4n) is 0.680. The van der Waals surface area contributed by atoms with Gasteiger partial charge in [0.1, 0.15) is 0 Å². The van der Waals surface area contributed by atoms with Crippen LogP contribution >= 0.6 is 0 Å². The molecule has 60 valence electrons. The molecule has 0 bridgehead atoms. The Morgan fingerprint density at radius 3 is 2.09 bits per heavy atom. The van der Waals surface area contributed by atoms with Crippen LogP contribution in [-0.2, 0) is 0 Å². The van der Waals surface area contributed by atoms with Crippen LogP contribution in [0.3, 0.4) is 0 Å². The van der Waals surface area contributed by atoms with Gasteiger partial charge in [0.05, 0.1) is 0 Å². The lowest BCUT2D eigenvalue weighted by molar-refractivity contribution is 1.34. The highest BCUT2D eigenvalue weighted by Crippen LogP contribution is 2.07. The van der Waals surface area contributed by atoms with Crippen LogP contribution in [0.5, 0.6) is 0 Å². The number of hydrogen-bond acceptors (Lipinski definition) is 0. The van der Waals surface area contributed by atoms with Crippen LogP contribution < -0.4 is 0 Å². The normalized spacial score (nSPS) is 14.1. The zero-order valence-corrected chi connectivity index (χ0v) is 7.59. The van der Waals surface area contributed by atoms with Crippen molar-refractivity contribution in [3.05, 3.63) is 48.1 Å². The topological polar surface area (TPSA) is 0 Å². The van der Waals surface area contributed by atoms with Gasteiger partial charge in [0, 0.05) is 0 Å². The van der Waals surface area contributed by atoms with Gasteiger partial charge in [0.2, 0.25) is 0 Å². The van der Waals surface area contributed by atoms with E-state index in [1.807, 2.05) is 31.2 Å². The Morgan fingerprint density at radius 1 is 1.09 bits per heavy atom. The van der Waals surface area contributed by atoms with Crippen molar-refractivity contribution in [2.24, 2.45) is 0 Å². The molecule has 0 aliphatic rings. The summed E-state index contributed by atoms with van der Waals surface area (Å²) >= 11 is 0. The Bertz CT molecular complexity index is 202. The van der Waals surface area contributed by atoms with E-state index in [0.29, 0.717) is 0 Å². The molecule has 0 aromatic rings. The summed E-state index contributed by atoms with van der Waals surface area (Å²) in [5, 5.41) is 0. The van der Waals surface area contributed by atoms with Gasteiger partial charge in [-0.3, -0.25) is 0 Å². The van der Waals surface area contributed by atoms with Gasteiger partial charge < -0.3 is 0 Å². The molecular weight excluding hydrogens is 132 g/mol. The van der Waals surface area contributed by atoms with E-state index in [1.165, 1.54) is 11.1 Å². The van der Waals surface area contributed by atoms with E-state index in [2.05, 4.69) is 26.5 Å². The third-order valence-electron chi connectivity index (χ3n) is 1.53. The van der Waals surface area contributed by atoms with Crippen molar-refractivity contribution in [1.29, 1.82) is 0 Å². The maximum Gasteiger partial charge on any atom is -0.0395 e. The molecule has 0 aliphatic heterocycles. The van der Waals surface area contributed by atoms with Gasteiger partial charge in [-0.2, -0.15) is 0 Å². The summed E-state index contributed by atoms with van der Waals surface area (Å²) in [6.45, 7) is 9.82. The summed E-state index contributed by atoms with van der Waals surface area (Å²) in [7, 11) is 0. The molecule has 0 N–H and O–H groups in total. The third-order valence-corrected chi connectivity index (χ3v) is 1.53. The molecule has 0 aromatic heterocycles. The Labute approximate surface area is 69.6 Å². The Hall–Kier alpha value is -1.04. The van der Waals surface area contributed by atoms with Crippen molar-refractivity contribution in [2.75, 3.05) is 0 Å². The maximum absolute atomic E-state index is 3.64. The molecule has 11 heavy (non-hydrogen) atoms. The molecule has 0 nitrogen and oxygen atoms in total. The Balaban J connectivity index is 4.34. The van der Waals surface area contributed by atoms with E-state index in [4.69, 9.17) is 0 Å². The maximum atomic E-state index is 3.64. The van der Waals surface area contributed by atoms with Gasteiger partial charge in [0.15, 0.2) is 0 Å². The molecule has 0 amide bonds. The molecule has 0 atom stereocenters. The first-order chi connectivity index (χ1) is 5.22. The second-order valence-electron chi connectivity index (χ2n) is 2.46. The molecule has 0 unspecified atom stereocenters.